The molecule has 23 heavy (non-hydrogen) atoms. The fourth-order valence-corrected chi connectivity index (χ4v) is 2.09. The fourth-order valence-electron chi connectivity index (χ4n) is 2.09. The van der Waals surface area contributed by atoms with Crippen LogP contribution in [0.3, 0.4) is 0 Å². The third kappa shape index (κ3) is 3.61. The van der Waals surface area contributed by atoms with Crippen LogP contribution in [0.4, 0.5) is 11.8 Å². The van der Waals surface area contributed by atoms with Gasteiger partial charge in [-0.2, -0.15) is 10.2 Å². The first-order chi connectivity index (χ1) is 11.0. The minimum Gasteiger partial charge on any atom is -0.490 e. The van der Waals surface area contributed by atoms with Crippen molar-refractivity contribution in [2.45, 2.75) is 26.9 Å². The number of rotatable bonds is 5. The van der Waals surface area contributed by atoms with Crippen LogP contribution in [0.25, 0.3) is 11.3 Å². The number of nitriles is 1. The van der Waals surface area contributed by atoms with Crippen molar-refractivity contribution in [3.63, 3.8) is 0 Å². The van der Waals surface area contributed by atoms with Gasteiger partial charge in [0.15, 0.2) is 11.5 Å². The lowest BCUT2D eigenvalue weighted by molar-refractivity contribution is 0.224. The highest BCUT2D eigenvalue weighted by Gasteiger charge is 2.16. The molecule has 4 N–H and O–H groups in total. The van der Waals surface area contributed by atoms with Crippen molar-refractivity contribution in [3.05, 3.63) is 23.8 Å². The molecule has 0 saturated carbocycles. The van der Waals surface area contributed by atoms with E-state index >= 15 is 0 Å². The predicted molar refractivity (Wildman–Crippen MR) is 87.9 cm³/mol. The number of nitrogens with two attached hydrogens (primary N) is 2. The van der Waals surface area contributed by atoms with E-state index in [0.29, 0.717) is 29.4 Å². The minimum absolute atomic E-state index is 0.0111. The van der Waals surface area contributed by atoms with E-state index in [0.717, 1.165) is 0 Å². The van der Waals surface area contributed by atoms with Gasteiger partial charge in [-0.1, -0.05) is 0 Å². The number of anilines is 2. The third-order valence-electron chi connectivity index (χ3n) is 2.95. The number of nitrogens with zero attached hydrogens (tertiary/aromatic N) is 3. The van der Waals surface area contributed by atoms with E-state index in [-0.39, 0.29) is 23.4 Å². The average molecular weight is 313 g/mol. The van der Waals surface area contributed by atoms with Gasteiger partial charge < -0.3 is 20.9 Å². The Labute approximate surface area is 134 Å². The molecular weight excluding hydrogens is 294 g/mol. The maximum atomic E-state index is 9.29. The van der Waals surface area contributed by atoms with Gasteiger partial charge in [-0.15, -0.1) is 0 Å². The van der Waals surface area contributed by atoms with E-state index in [1.165, 1.54) is 0 Å². The number of hydrogen-bond donors (Lipinski definition) is 2. The number of nitrogen functional groups attached to an aromatic ring is 2. The number of benzene rings is 1. The van der Waals surface area contributed by atoms with Crippen molar-refractivity contribution in [3.8, 4) is 28.8 Å². The maximum Gasteiger partial charge on any atom is 0.222 e. The fraction of sp³-hybridized carbons (Fsp3) is 0.312. The lowest BCUT2D eigenvalue weighted by atomic mass is 10.1. The summed E-state index contributed by atoms with van der Waals surface area (Å²) in [4.78, 5) is 7.95. The second kappa shape index (κ2) is 6.83. The molecule has 0 saturated heterocycles. The molecule has 0 radical (unpaired) electrons. The molecule has 120 valence electrons. The molecule has 0 amide bonds. The first-order valence-electron chi connectivity index (χ1n) is 7.23. The van der Waals surface area contributed by atoms with Crippen molar-refractivity contribution in [1.82, 2.24) is 9.97 Å². The maximum absolute atomic E-state index is 9.29. The largest absolute Gasteiger partial charge is 0.490 e. The monoisotopic (exact) mass is 313 g/mol. The Morgan fingerprint density at radius 3 is 2.57 bits per heavy atom. The van der Waals surface area contributed by atoms with Crippen LogP contribution >= 0.6 is 0 Å². The summed E-state index contributed by atoms with van der Waals surface area (Å²) in [7, 11) is 0. The molecule has 1 heterocycles. The normalized spacial score (nSPS) is 10.4. The molecule has 1 aromatic carbocycles. The summed E-state index contributed by atoms with van der Waals surface area (Å²) in [6.45, 7) is 6.23. The van der Waals surface area contributed by atoms with Gasteiger partial charge in [0, 0.05) is 5.56 Å². The Kier molecular flexibility index (Phi) is 4.86. The molecule has 0 atom stereocenters. The van der Waals surface area contributed by atoms with Crippen molar-refractivity contribution in [2.75, 3.05) is 18.1 Å². The molecule has 1 aromatic heterocycles. The Bertz CT molecular complexity index is 753. The second-order valence-electron chi connectivity index (χ2n) is 5.06. The summed E-state index contributed by atoms with van der Waals surface area (Å²) in [5.74, 6) is 1.25. The van der Waals surface area contributed by atoms with Gasteiger partial charge in [0.1, 0.15) is 17.5 Å². The summed E-state index contributed by atoms with van der Waals surface area (Å²) in [5, 5.41) is 9.29. The Morgan fingerprint density at radius 2 is 1.96 bits per heavy atom. The summed E-state index contributed by atoms with van der Waals surface area (Å²) >= 11 is 0. The van der Waals surface area contributed by atoms with E-state index in [9.17, 15) is 5.26 Å². The third-order valence-corrected chi connectivity index (χ3v) is 2.95. The Morgan fingerprint density at radius 1 is 1.22 bits per heavy atom. The van der Waals surface area contributed by atoms with Crippen LogP contribution in [0, 0.1) is 11.3 Å². The molecule has 7 heteroatoms. The quantitative estimate of drug-likeness (QED) is 0.869. The molecular formula is C16H19N5O2. The van der Waals surface area contributed by atoms with E-state index in [4.69, 9.17) is 20.9 Å². The van der Waals surface area contributed by atoms with Crippen LogP contribution in [0.1, 0.15) is 26.3 Å². The molecule has 0 bridgehead atoms. The summed E-state index contributed by atoms with van der Waals surface area (Å²) in [6.07, 6.45) is 0.0139. The van der Waals surface area contributed by atoms with Crippen LogP contribution < -0.4 is 20.9 Å². The molecule has 2 aromatic rings. The van der Waals surface area contributed by atoms with Crippen molar-refractivity contribution >= 4 is 11.8 Å². The second-order valence-corrected chi connectivity index (χ2v) is 5.06. The lowest BCUT2D eigenvalue weighted by Crippen LogP contribution is -2.08. The van der Waals surface area contributed by atoms with E-state index in [1.54, 1.807) is 18.2 Å². The summed E-state index contributed by atoms with van der Waals surface area (Å²) < 4.78 is 11.3. The summed E-state index contributed by atoms with van der Waals surface area (Å²) in [5.41, 5.74) is 12.6. The number of ether oxygens (including phenoxy) is 2. The molecule has 0 fully saturated rings. The van der Waals surface area contributed by atoms with Crippen molar-refractivity contribution in [2.24, 2.45) is 0 Å². The van der Waals surface area contributed by atoms with Crippen LogP contribution in [0.5, 0.6) is 11.5 Å². The van der Waals surface area contributed by atoms with Crippen LogP contribution in [-0.2, 0) is 0 Å². The molecule has 0 aliphatic heterocycles. The first kappa shape index (κ1) is 16.4. The predicted octanol–water partition coefficient (Wildman–Crippen LogP) is 2.37. The van der Waals surface area contributed by atoms with Gasteiger partial charge in [0.2, 0.25) is 5.95 Å². The molecule has 7 nitrogen and oxygen atoms in total. The zero-order valence-corrected chi connectivity index (χ0v) is 13.3. The zero-order chi connectivity index (χ0) is 17.0. The minimum atomic E-state index is 0.0111. The van der Waals surface area contributed by atoms with Crippen LogP contribution in [0.2, 0.25) is 0 Å². The zero-order valence-electron chi connectivity index (χ0n) is 13.3. The van der Waals surface area contributed by atoms with E-state index in [2.05, 4.69) is 9.97 Å². The highest BCUT2D eigenvalue weighted by Crippen LogP contribution is 2.34. The van der Waals surface area contributed by atoms with Gasteiger partial charge in [0.25, 0.3) is 0 Å². The number of aromatic nitrogens is 2. The van der Waals surface area contributed by atoms with Crippen LogP contribution in [-0.4, -0.2) is 22.7 Å². The van der Waals surface area contributed by atoms with E-state index < -0.39 is 0 Å². The Hall–Kier alpha value is -3.01. The van der Waals surface area contributed by atoms with E-state index in [1.807, 2.05) is 26.8 Å². The molecule has 0 aliphatic carbocycles. The topological polar surface area (TPSA) is 120 Å². The number of hydrogen-bond acceptors (Lipinski definition) is 7. The lowest BCUT2D eigenvalue weighted by Gasteiger charge is -2.16. The standard InChI is InChI=1S/C16H19N5O2/c1-4-22-13-7-10(5-6-12(13)23-9(2)3)14-11(8-17)15(18)21-16(19)20-14/h5-7,9H,4H2,1-3H3,(H4,18,19,20,21). The molecule has 0 unspecified atom stereocenters. The van der Waals surface area contributed by atoms with Crippen molar-refractivity contribution < 1.29 is 9.47 Å². The van der Waals surface area contributed by atoms with Crippen LogP contribution in [0.15, 0.2) is 18.2 Å². The molecule has 2 rings (SSSR count). The molecule has 0 aliphatic rings. The molecule has 0 spiro atoms. The van der Waals surface area contributed by atoms with Gasteiger partial charge >= 0.3 is 0 Å². The average Bonchev–Trinajstić information content (AvgIpc) is 2.48. The Balaban J connectivity index is 2.57. The highest BCUT2D eigenvalue weighted by atomic mass is 16.5. The highest BCUT2D eigenvalue weighted by molar-refractivity contribution is 5.74. The van der Waals surface area contributed by atoms with Gasteiger partial charge in [-0.3, -0.25) is 0 Å². The van der Waals surface area contributed by atoms with Gasteiger partial charge in [-0.25, -0.2) is 4.98 Å². The smallest absolute Gasteiger partial charge is 0.222 e. The van der Waals surface area contributed by atoms with Gasteiger partial charge in [0.05, 0.1) is 18.4 Å². The summed E-state index contributed by atoms with van der Waals surface area (Å²) in [6, 6.07) is 7.32. The SMILES string of the molecule is CCOc1cc(-c2nc(N)nc(N)c2C#N)ccc1OC(C)C. The van der Waals surface area contributed by atoms with Gasteiger partial charge in [-0.05, 0) is 39.0 Å². The van der Waals surface area contributed by atoms with Crippen molar-refractivity contribution in [1.29, 1.82) is 5.26 Å². The first-order valence-corrected chi connectivity index (χ1v) is 7.23.